The van der Waals surface area contributed by atoms with Crippen LogP contribution in [0, 0.1) is 46.8 Å². The molecule has 0 fully saturated rings. The first kappa shape index (κ1) is 39.8. The second-order valence-electron chi connectivity index (χ2n) is 16.6. The maximum absolute atomic E-state index is 6.71. The zero-order valence-electron chi connectivity index (χ0n) is 34.7. The van der Waals surface area contributed by atoms with E-state index in [4.69, 9.17) is 14.8 Å². The van der Waals surface area contributed by atoms with Gasteiger partial charge >= 0.3 is 21.1 Å². The van der Waals surface area contributed by atoms with Crippen LogP contribution in [0.2, 0.25) is 0 Å². The van der Waals surface area contributed by atoms with Gasteiger partial charge in [0.1, 0.15) is 5.82 Å². The molecule has 0 unspecified atom stereocenters. The van der Waals surface area contributed by atoms with E-state index in [0.717, 1.165) is 50.0 Å². The van der Waals surface area contributed by atoms with Crippen LogP contribution in [0.4, 0.5) is 0 Å². The molecule has 0 bridgehead atoms. The number of rotatable bonds is 7. The van der Waals surface area contributed by atoms with E-state index in [-0.39, 0.29) is 26.5 Å². The van der Waals surface area contributed by atoms with Crippen molar-refractivity contribution in [3.63, 3.8) is 0 Å². The van der Waals surface area contributed by atoms with Crippen molar-refractivity contribution >= 4 is 21.8 Å². The molecule has 0 saturated carbocycles. The summed E-state index contributed by atoms with van der Waals surface area (Å²) in [6.45, 7) is 17.5. The zero-order valence-corrected chi connectivity index (χ0v) is 37.0. The molecule has 6 aromatic carbocycles. The average molecular weight is 950 g/mol. The van der Waals surface area contributed by atoms with Crippen molar-refractivity contribution in [2.75, 3.05) is 0 Å². The Balaban J connectivity index is 0.00000484. The predicted molar refractivity (Wildman–Crippen MR) is 239 cm³/mol. The van der Waals surface area contributed by atoms with E-state index in [1.807, 2.05) is 23.1 Å². The smallest absolute Gasteiger partial charge is 0.509 e. The second-order valence-corrected chi connectivity index (χ2v) is 16.6. The summed E-state index contributed by atoms with van der Waals surface area (Å²) in [5, 5.41) is 7.08. The van der Waals surface area contributed by atoms with Crippen molar-refractivity contribution in [1.29, 1.82) is 0 Å². The van der Waals surface area contributed by atoms with Gasteiger partial charge in [0.15, 0.2) is 0 Å². The largest absolute Gasteiger partial charge is 2.00 e. The number of ether oxygens (including phenoxy) is 1. The van der Waals surface area contributed by atoms with E-state index >= 15 is 0 Å². The minimum atomic E-state index is -0.149. The molecule has 0 aliphatic carbocycles. The quantitative estimate of drug-likeness (QED) is 0.150. The summed E-state index contributed by atoms with van der Waals surface area (Å²) >= 11 is 0. The Hall–Kier alpha value is -6.03. The van der Waals surface area contributed by atoms with Gasteiger partial charge in [-0.25, -0.2) is 4.98 Å². The van der Waals surface area contributed by atoms with Gasteiger partial charge < -0.3 is 9.30 Å². The summed E-state index contributed by atoms with van der Waals surface area (Å²) in [7, 11) is 0. The summed E-state index contributed by atoms with van der Waals surface area (Å²) in [6, 6.07) is 47.8. The van der Waals surface area contributed by atoms with Crippen LogP contribution in [0.1, 0.15) is 54.2 Å². The fourth-order valence-corrected chi connectivity index (χ4v) is 8.56. The number of aromatic nitrogens is 4. The molecule has 0 spiro atoms. The van der Waals surface area contributed by atoms with Crippen LogP contribution in [-0.2, 0) is 26.5 Å². The number of hydrogen-bond acceptors (Lipinski definition) is 3. The summed E-state index contributed by atoms with van der Waals surface area (Å²) < 4.78 is 10.8. The van der Waals surface area contributed by atoms with E-state index in [2.05, 4.69) is 187 Å². The van der Waals surface area contributed by atoms with Crippen LogP contribution >= 0.6 is 0 Å². The van der Waals surface area contributed by atoms with Crippen LogP contribution in [0.15, 0.2) is 134 Å². The average Bonchev–Trinajstić information content (AvgIpc) is 3.80. The number of para-hydroxylation sites is 1. The van der Waals surface area contributed by atoms with Crippen molar-refractivity contribution in [1.82, 2.24) is 19.3 Å². The van der Waals surface area contributed by atoms with Crippen molar-refractivity contribution in [2.24, 2.45) is 0 Å². The first-order valence-corrected chi connectivity index (χ1v) is 19.9. The summed E-state index contributed by atoms with van der Waals surface area (Å²) in [5.74, 6) is 2.02. The molecule has 0 atom stereocenters. The molecule has 3 heterocycles. The van der Waals surface area contributed by atoms with Gasteiger partial charge in [-0.05, 0) is 119 Å². The molecule has 0 saturated heterocycles. The van der Waals surface area contributed by atoms with Gasteiger partial charge in [-0.15, -0.1) is 41.3 Å². The van der Waals surface area contributed by atoms with Gasteiger partial charge in [-0.3, -0.25) is 4.68 Å². The Labute approximate surface area is 361 Å². The number of hydrogen-bond donors (Lipinski definition) is 0. The van der Waals surface area contributed by atoms with Gasteiger partial charge in [0.25, 0.3) is 0 Å². The number of pyridine rings is 1. The van der Waals surface area contributed by atoms with E-state index in [1.165, 1.54) is 50.1 Å². The van der Waals surface area contributed by atoms with Crippen molar-refractivity contribution < 1.29 is 25.8 Å². The molecule has 5 nitrogen and oxygen atoms in total. The molecule has 3 aromatic heterocycles. The number of aryl methyl sites for hydroxylation is 5. The second kappa shape index (κ2) is 15.6. The van der Waals surface area contributed by atoms with Crippen LogP contribution in [-0.4, -0.2) is 19.3 Å². The molecule has 9 rings (SSSR count). The minimum absolute atomic E-state index is 0. The molecular formula is C53H46N4OPt. The van der Waals surface area contributed by atoms with Crippen LogP contribution in [0.25, 0.3) is 66.7 Å². The Bertz CT molecular complexity index is 2980. The normalized spacial score (nSPS) is 11.6. The Morgan fingerprint density at radius 3 is 2.00 bits per heavy atom. The van der Waals surface area contributed by atoms with Gasteiger partial charge in [0.2, 0.25) is 0 Å². The first-order chi connectivity index (χ1) is 27.9. The zero-order chi connectivity index (χ0) is 40.3. The van der Waals surface area contributed by atoms with Gasteiger partial charge in [-0.1, -0.05) is 105 Å². The number of fused-ring (bicyclic) bond motifs is 3. The SMILES string of the molecule is Cc1cc(C)c(-c2ccnc(-n3c4[c-]c(Oc5[c-]c(-n6cc(-c7c(C)cc(-c8ccccc8)cc7C)cn6)cc(C(C)(C)C)c5)ccc4c4ccccc43)c2)c(C)c1.[Pt+2]. The molecular weight excluding hydrogens is 904 g/mol. The van der Waals surface area contributed by atoms with E-state index in [0.29, 0.717) is 11.5 Å². The number of benzene rings is 6. The molecule has 6 heteroatoms. The molecule has 0 aliphatic heterocycles. The summed E-state index contributed by atoms with van der Waals surface area (Å²) in [5.41, 5.74) is 17.0. The molecule has 0 radical (unpaired) electrons. The maximum Gasteiger partial charge on any atom is 2.00 e. The molecule has 9 aromatic rings. The Morgan fingerprint density at radius 2 is 1.27 bits per heavy atom. The fraction of sp³-hybridized carbons (Fsp3) is 0.170. The summed E-state index contributed by atoms with van der Waals surface area (Å²) in [6.07, 6.45) is 5.94. The summed E-state index contributed by atoms with van der Waals surface area (Å²) in [4.78, 5) is 4.92. The van der Waals surface area contributed by atoms with E-state index in [9.17, 15) is 0 Å². The van der Waals surface area contributed by atoms with E-state index < -0.39 is 0 Å². The molecule has 59 heavy (non-hydrogen) atoms. The first-order valence-electron chi connectivity index (χ1n) is 19.9. The fourth-order valence-electron chi connectivity index (χ4n) is 8.56. The standard InChI is InChI=1S/C53H46N4O.Pt/c1-33-22-34(2)51(35(3)23-33)39-20-21-54-50(26-39)57-48-17-13-12-16-46(48)47-19-18-44(30-49(47)57)58-45-28-42(53(6,7)8)27-43(29-45)56-32-41(31-55-56)52-36(4)24-40(25-37(52)5)38-14-10-9-11-15-38;/h9-28,31-32H,1-8H3;/q-2;+2. The van der Waals surface area contributed by atoms with Crippen molar-refractivity contribution in [3.05, 3.63) is 179 Å². The third-order valence-corrected chi connectivity index (χ3v) is 11.2. The predicted octanol–water partition coefficient (Wildman–Crippen LogP) is 13.6. The third kappa shape index (κ3) is 7.56. The van der Waals surface area contributed by atoms with Crippen molar-refractivity contribution in [2.45, 2.75) is 60.8 Å². The van der Waals surface area contributed by atoms with Crippen molar-refractivity contribution in [3.8, 4) is 56.4 Å². The molecule has 294 valence electrons. The monoisotopic (exact) mass is 949 g/mol. The van der Waals surface area contributed by atoms with Gasteiger partial charge in [0.05, 0.1) is 6.20 Å². The minimum Gasteiger partial charge on any atom is -0.509 e. The van der Waals surface area contributed by atoms with Crippen LogP contribution in [0.3, 0.4) is 0 Å². The van der Waals surface area contributed by atoms with Gasteiger partial charge in [0, 0.05) is 35.0 Å². The third-order valence-electron chi connectivity index (χ3n) is 11.2. The topological polar surface area (TPSA) is 44.9 Å². The Morgan fingerprint density at radius 1 is 0.593 bits per heavy atom. The van der Waals surface area contributed by atoms with E-state index in [1.54, 1.807) is 0 Å². The maximum atomic E-state index is 6.71. The molecule has 0 amide bonds. The molecule has 0 aliphatic rings. The Kier molecular flexibility index (Phi) is 10.5. The number of nitrogens with zero attached hydrogens (tertiary/aromatic N) is 4. The van der Waals surface area contributed by atoms with Crippen LogP contribution in [0.5, 0.6) is 11.5 Å². The van der Waals surface area contributed by atoms with Crippen LogP contribution < -0.4 is 4.74 Å². The van der Waals surface area contributed by atoms with Gasteiger partial charge in [-0.2, -0.15) is 11.2 Å². The molecule has 0 N–H and O–H groups in total.